The quantitative estimate of drug-likeness (QED) is 0.867. The number of benzene rings is 1. The van der Waals surface area contributed by atoms with Gasteiger partial charge in [-0.2, -0.15) is 0 Å². The molecule has 20 heavy (non-hydrogen) atoms. The van der Waals surface area contributed by atoms with Crippen molar-refractivity contribution in [3.63, 3.8) is 0 Å². The van der Waals surface area contributed by atoms with Gasteiger partial charge in [-0.3, -0.25) is 4.79 Å². The molecule has 2 N–H and O–H groups in total. The molecule has 0 spiro atoms. The molecule has 1 unspecified atom stereocenters. The van der Waals surface area contributed by atoms with Gasteiger partial charge in [0.2, 0.25) is 5.91 Å². The minimum Gasteiger partial charge on any atom is -0.352 e. The van der Waals surface area contributed by atoms with E-state index in [0.29, 0.717) is 6.04 Å². The highest BCUT2D eigenvalue weighted by Gasteiger charge is 2.19. The molecule has 1 aliphatic carbocycles. The van der Waals surface area contributed by atoms with Crippen molar-refractivity contribution in [1.29, 1.82) is 0 Å². The minimum absolute atomic E-state index is 0.130. The van der Waals surface area contributed by atoms with Crippen LogP contribution in [0.2, 0.25) is 0 Å². The predicted molar refractivity (Wildman–Crippen MR) is 82.5 cm³/mol. The summed E-state index contributed by atoms with van der Waals surface area (Å²) in [6.45, 7) is 4.78. The molecule has 0 heterocycles. The highest BCUT2D eigenvalue weighted by atomic mass is 16.2. The second kappa shape index (κ2) is 7.44. The summed E-state index contributed by atoms with van der Waals surface area (Å²) in [6, 6.07) is 8.53. The zero-order chi connectivity index (χ0) is 14.4. The Labute approximate surface area is 122 Å². The molecular formula is C17H26N2O. The third-order valence-corrected chi connectivity index (χ3v) is 4.20. The van der Waals surface area contributed by atoms with Gasteiger partial charge in [0, 0.05) is 12.6 Å². The van der Waals surface area contributed by atoms with Gasteiger partial charge in [0.15, 0.2) is 0 Å². The molecule has 0 saturated heterocycles. The number of nitrogens with one attached hydrogen (secondary N) is 2. The second-order valence-electron chi connectivity index (χ2n) is 5.87. The lowest BCUT2D eigenvalue weighted by Crippen LogP contribution is -2.46. The van der Waals surface area contributed by atoms with Gasteiger partial charge < -0.3 is 10.6 Å². The molecule has 3 heteroatoms. The molecule has 3 nitrogen and oxygen atoms in total. The lowest BCUT2D eigenvalue weighted by Gasteiger charge is -2.24. The standard InChI is InChI=1S/C17H26N2O/c1-13-8-6-7-9-15(13)12-18-14(2)17(20)19-16-10-4-3-5-11-16/h6-9,14,16,18H,3-5,10-12H2,1-2H3,(H,19,20). The fourth-order valence-corrected chi connectivity index (χ4v) is 2.74. The largest absolute Gasteiger partial charge is 0.352 e. The molecule has 0 radical (unpaired) electrons. The number of hydrogen-bond acceptors (Lipinski definition) is 2. The van der Waals surface area contributed by atoms with Crippen LogP contribution in [0.15, 0.2) is 24.3 Å². The first kappa shape index (κ1) is 15.0. The van der Waals surface area contributed by atoms with Crippen molar-refractivity contribution in [2.24, 2.45) is 0 Å². The van der Waals surface area contributed by atoms with Gasteiger partial charge in [-0.1, -0.05) is 43.5 Å². The summed E-state index contributed by atoms with van der Waals surface area (Å²) in [7, 11) is 0. The number of hydrogen-bond donors (Lipinski definition) is 2. The third-order valence-electron chi connectivity index (χ3n) is 4.20. The van der Waals surface area contributed by atoms with Crippen LogP contribution in [0.3, 0.4) is 0 Å². The Morgan fingerprint density at radius 3 is 2.65 bits per heavy atom. The number of carbonyl (C=O) groups excluding carboxylic acids is 1. The van der Waals surface area contributed by atoms with Crippen molar-refractivity contribution in [2.45, 2.75) is 64.6 Å². The fourth-order valence-electron chi connectivity index (χ4n) is 2.74. The maximum absolute atomic E-state index is 12.1. The summed E-state index contributed by atoms with van der Waals surface area (Å²) in [6.07, 6.45) is 6.08. The monoisotopic (exact) mass is 274 g/mol. The van der Waals surface area contributed by atoms with E-state index in [4.69, 9.17) is 0 Å². The first-order valence-electron chi connectivity index (χ1n) is 7.75. The van der Waals surface area contributed by atoms with E-state index >= 15 is 0 Å². The van der Waals surface area contributed by atoms with Crippen LogP contribution < -0.4 is 10.6 Å². The Kier molecular flexibility index (Phi) is 5.60. The van der Waals surface area contributed by atoms with E-state index in [9.17, 15) is 4.79 Å². The Morgan fingerprint density at radius 2 is 1.95 bits per heavy atom. The molecule has 0 bridgehead atoms. The van der Waals surface area contributed by atoms with Crippen molar-refractivity contribution in [3.8, 4) is 0 Å². The van der Waals surface area contributed by atoms with Crippen LogP contribution in [0.5, 0.6) is 0 Å². The molecule has 0 aromatic heterocycles. The van der Waals surface area contributed by atoms with Crippen LogP contribution in [0, 0.1) is 6.92 Å². The second-order valence-corrected chi connectivity index (χ2v) is 5.87. The van der Waals surface area contributed by atoms with Gasteiger partial charge in [0.05, 0.1) is 6.04 Å². The Bertz CT molecular complexity index is 438. The summed E-state index contributed by atoms with van der Waals surface area (Å²) in [4.78, 5) is 12.1. The van der Waals surface area contributed by atoms with E-state index in [-0.39, 0.29) is 11.9 Å². The van der Waals surface area contributed by atoms with Crippen LogP contribution in [0.1, 0.15) is 50.2 Å². The predicted octanol–water partition coefficient (Wildman–Crippen LogP) is 2.92. The molecule has 1 aliphatic rings. The van der Waals surface area contributed by atoms with Crippen LogP contribution in [0.4, 0.5) is 0 Å². The van der Waals surface area contributed by atoms with Gasteiger partial charge in [-0.25, -0.2) is 0 Å². The molecule has 1 fully saturated rings. The van der Waals surface area contributed by atoms with Crippen molar-refractivity contribution < 1.29 is 4.79 Å². The molecule has 1 atom stereocenters. The van der Waals surface area contributed by atoms with Crippen molar-refractivity contribution >= 4 is 5.91 Å². The first-order chi connectivity index (χ1) is 9.66. The molecule has 1 aromatic carbocycles. The summed E-state index contributed by atoms with van der Waals surface area (Å²) >= 11 is 0. The van der Waals surface area contributed by atoms with Gasteiger partial charge in [-0.15, -0.1) is 0 Å². The van der Waals surface area contributed by atoms with E-state index in [1.807, 2.05) is 19.1 Å². The number of carbonyl (C=O) groups is 1. The van der Waals surface area contributed by atoms with Crippen molar-refractivity contribution in [3.05, 3.63) is 35.4 Å². The first-order valence-corrected chi connectivity index (χ1v) is 7.75. The average molecular weight is 274 g/mol. The third kappa shape index (κ3) is 4.34. The molecule has 1 saturated carbocycles. The van der Waals surface area contributed by atoms with E-state index < -0.39 is 0 Å². The van der Waals surface area contributed by atoms with E-state index in [0.717, 1.165) is 19.4 Å². The molecular weight excluding hydrogens is 248 g/mol. The normalized spacial score (nSPS) is 17.7. The van der Waals surface area contributed by atoms with E-state index in [1.165, 1.54) is 30.4 Å². The Balaban J connectivity index is 1.77. The zero-order valence-electron chi connectivity index (χ0n) is 12.6. The molecule has 2 rings (SSSR count). The lowest BCUT2D eigenvalue weighted by atomic mass is 9.95. The zero-order valence-corrected chi connectivity index (χ0v) is 12.6. The van der Waals surface area contributed by atoms with Crippen LogP contribution in [0.25, 0.3) is 0 Å². The van der Waals surface area contributed by atoms with Crippen molar-refractivity contribution in [2.75, 3.05) is 0 Å². The van der Waals surface area contributed by atoms with E-state index in [1.54, 1.807) is 0 Å². The molecule has 1 amide bonds. The van der Waals surface area contributed by atoms with Crippen LogP contribution in [-0.2, 0) is 11.3 Å². The maximum Gasteiger partial charge on any atom is 0.237 e. The average Bonchev–Trinajstić information content (AvgIpc) is 2.47. The Hall–Kier alpha value is -1.35. The highest BCUT2D eigenvalue weighted by molar-refractivity contribution is 5.81. The molecule has 1 aromatic rings. The summed E-state index contributed by atoms with van der Waals surface area (Å²) in [5, 5.41) is 6.49. The Morgan fingerprint density at radius 1 is 1.25 bits per heavy atom. The fraction of sp³-hybridized carbons (Fsp3) is 0.588. The minimum atomic E-state index is -0.142. The van der Waals surface area contributed by atoms with Crippen molar-refractivity contribution in [1.82, 2.24) is 10.6 Å². The van der Waals surface area contributed by atoms with Gasteiger partial charge in [0.1, 0.15) is 0 Å². The summed E-state index contributed by atoms with van der Waals surface area (Å²) in [5.41, 5.74) is 2.52. The number of amides is 1. The molecule has 110 valence electrons. The van der Waals surface area contributed by atoms with Gasteiger partial charge in [0.25, 0.3) is 0 Å². The van der Waals surface area contributed by atoms with Gasteiger partial charge in [-0.05, 0) is 37.8 Å². The van der Waals surface area contributed by atoms with Crippen LogP contribution >= 0.6 is 0 Å². The highest BCUT2D eigenvalue weighted by Crippen LogP contribution is 2.17. The topological polar surface area (TPSA) is 41.1 Å². The molecule has 0 aliphatic heterocycles. The summed E-state index contributed by atoms with van der Waals surface area (Å²) < 4.78 is 0. The van der Waals surface area contributed by atoms with E-state index in [2.05, 4.69) is 29.7 Å². The number of rotatable bonds is 5. The summed E-state index contributed by atoms with van der Waals surface area (Å²) in [5.74, 6) is 0.130. The SMILES string of the molecule is Cc1ccccc1CNC(C)C(=O)NC1CCCCC1. The van der Waals surface area contributed by atoms with Gasteiger partial charge >= 0.3 is 0 Å². The number of aryl methyl sites for hydroxylation is 1. The smallest absolute Gasteiger partial charge is 0.237 e. The van der Waals surface area contributed by atoms with Crippen LogP contribution in [-0.4, -0.2) is 18.0 Å². The lowest BCUT2D eigenvalue weighted by molar-refractivity contribution is -0.123. The maximum atomic E-state index is 12.1.